The van der Waals surface area contributed by atoms with Crippen LogP contribution in [0.3, 0.4) is 0 Å². The molecule has 0 radical (unpaired) electrons. The van der Waals surface area contributed by atoms with Gasteiger partial charge in [-0.3, -0.25) is 4.72 Å². The van der Waals surface area contributed by atoms with Gasteiger partial charge in [-0.1, -0.05) is 24.3 Å². The predicted octanol–water partition coefficient (Wildman–Crippen LogP) is 4.97. The van der Waals surface area contributed by atoms with E-state index < -0.39 is 23.2 Å². The summed E-state index contributed by atoms with van der Waals surface area (Å²) >= 11 is -0.273. The third-order valence-corrected chi connectivity index (χ3v) is 5.20. The largest absolute Gasteiger partial charge is 0.456 e. The molecule has 2 unspecified atom stereocenters. The second-order valence-electron chi connectivity index (χ2n) is 6.62. The third kappa shape index (κ3) is 5.21. The van der Waals surface area contributed by atoms with Gasteiger partial charge in [-0.2, -0.15) is 13.2 Å². The molecule has 8 heteroatoms. The van der Waals surface area contributed by atoms with Crippen LogP contribution in [0.2, 0.25) is 0 Å². The molecule has 27 heavy (non-hydrogen) atoms. The van der Waals surface area contributed by atoms with E-state index in [1.165, 1.54) is 12.1 Å². The monoisotopic (exact) mass is 402 g/mol. The zero-order valence-corrected chi connectivity index (χ0v) is 15.4. The van der Waals surface area contributed by atoms with Crippen molar-refractivity contribution in [3.63, 3.8) is 0 Å². The van der Waals surface area contributed by atoms with E-state index in [4.69, 9.17) is 0 Å². The Labute approximate surface area is 158 Å². The van der Waals surface area contributed by atoms with Crippen LogP contribution in [-0.2, 0) is 6.42 Å². The Bertz CT molecular complexity index is 789. The lowest BCUT2D eigenvalue weighted by Crippen LogP contribution is -2.40. The lowest BCUT2D eigenvalue weighted by Gasteiger charge is -2.21. The Morgan fingerprint density at radius 2 is 1.96 bits per heavy atom. The Kier molecular flexibility index (Phi) is 6.08. The minimum Gasteiger partial charge on any atom is -0.312 e. The summed E-state index contributed by atoms with van der Waals surface area (Å²) in [5.41, 5.74) is -2.58. The molecule has 2 aromatic rings. The van der Waals surface area contributed by atoms with E-state index >= 15 is 4.39 Å². The van der Waals surface area contributed by atoms with Gasteiger partial charge in [-0.25, -0.2) is 8.78 Å². The van der Waals surface area contributed by atoms with Crippen LogP contribution in [0.4, 0.5) is 22.0 Å². The highest BCUT2D eigenvalue weighted by Gasteiger charge is 2.34. The number of hydrogen-bond donors (Lipinski definition) is 2. The summed E-state index contributed by atoms with van der Waals surface area (Å²) in [6.07, 6.45) is 0.766. The van der Waals surface area contributed by atoms with Gasteiger partial charge in [-0.15, -0.1) is 0 Å². The van der Waals surface area contributed by atoms with E-state index in [0.29, 0.717) is 29.7 Å². The fraction of sp³-hybridized carbons (Fsp3) is 0.368. The van der Waals surface area contributed by atoms with Gasteiger partial charge >= 0.3 is 5.51 Å². The van der Waals surface area contributed by atoms with E-state index in [2.05, 4.69) is 10.0 Å². The van der Waals surface area contributed by atoms with Crippen molar-refractivity contribution in [2.24, 2.45) is 0 Å². The zero-order valence-electron chi connectivity index (χ0n) is 14.5. The summed E-state index contributed by atoms with van der Waals surface area (Å²) in [5.74, 6) is -0.917. The Morgan fingerprint density at radius 3 is 2.67 bits per heavy atom. The van der Waals surface area contributed by atoms with Crippen molar-refractivity contribution in [3.8, 4) is 11.1 Å². The Hall–Kier alpha value is -1.64. The number of halogens is 5. The molecule has 3 rings (SSSR count). The first kappa shape index (κ1) is 20.1. The standard InChI is InChI=1S/C19H19F5N2S/c1-11-7-13(9-14(20)8-11)15-4-2-3-12(18(15)21)10-17-16(5-6-25-17)26-27-19(22,23)24/h2-4,7-9,16-17,25-26H,5-6,10H2,1H3. The van der Waals surface area contributed by atoms with Crippen LogP contribution in [0.1, 0.15) is 17.5 Å². The van der Waals surface area contributed by atoms with Gasteiger partial charge in [0, 0.05) is 29.6 Å². The second-order valence-corrected chi connectivity index (χ2v) is 7.52. The first-order valence-electron chi connectivity index (χ1n) is 8.51. The molecule has 2 nitrogen and oxygen atoms in total. The van der Waals surface area contributed by atoms with Crippen molar-refractivity contribution in [2.45, 2.75) is 37.4 Å². The van der Waals surface area contributed by atoms with Gasteiger partial charge in [0.1, 0.15) is 11.6 Å². The number of aryl methyl sites for hydroxylation is 1. The van der Waals surface area contributed by atoms with Gasteiger partial charge in [-0.05, 0) is 55.1 Å². The van der Waals surface area contributed by atoms with E-state index in [9.17, 15) is 17.6 Å². The lowest BCUT2D eigenvalue weighted by molar-refractivity contribution is -0.0338. The van der Waals surface area contributed by atoms with Crippen molar-refractivity contribution in [2.75, 3.05) is 6.54 Å². The van der Waals surface area contributed by atoms with Crippen molar-refractivity contribution < 1.29 is 22.0 Å². The summed E-state index contributed by atoms with van der Waals surface area (Å²) < 4.78 is 68.4. The number of alkyl halides is 3. The molecule has 1 aliphatic heterocycles. The van der Waals surface area contributed by atoms with Crippen molar-refractivity contribution in [1.82, 2.24) is 10.0 Å². The van der Waals surface area contributed by atoms with Crippen molar-refractivity contribution in [3.05, 3.63) is 59.2 Å². The normalized spacial score (nSPS) is 20.2. The van der Waals surface area contributed by atoms with Crippen LogP contribution < -0.4 is 10.0 Å². The fourth-order valence-electron chi connectivity index (χ4n) is 3.35. The Morgan fingerprint density at radius 1 is 1.19 bits per heavy atom. The molecule has 1 fully saturated rings. The van der Waals surface area contributed by atoms with Crippen LogP contribution >= 0.6 is 11.9 Å². The molecule has 0 aromatic heterocycles. The summed E-state index contributed by atoms with van der Waals surface area (Å²) in [6, 6.07) is 8.45. The summed E-state index contributed by atoms with van der Waals surface area (Å²) in [7, 11) is 0. The third-order valence-electron chi connectivity index (χ3n) is 4.55. The van der Waals surface area contributed by atoms with Crippen LogP contribution in [0.5, 0.6) is 0 Å². The zero-order chi connectivity index (χ0) is 19.6. The smallest absolute Gasteiger partial charge is 0.312 e. The van der Waals surface area contributed by atoms with Crippen LogP contribution in [0, 0.1) is 18.6 Å². The van der Waals surface area contributed by atoms with Crippen LogP contribution in [0.15, 0.2) is 36.4 Å². The van der Waals surface area contributed by atoms with Gasteiger partial charge in [0.25, 0.3) is 0 Å². The number of nitrogens with one attached hydrogen (secondary N) is 2. The summed E-state index contributed by atoms with van der Waals surface area (Å²) in [6.45, 7) is 2.29. The number of hydrogen-bond acceptors (Lipinski definition) is 3. The molecule has 0 spiro atoms. The summed E-state index contributed by atoms with van der Waals surface area (Å²) in [4.78, 5) is 0. The van der Waals surface area contributed by atoms with Crippen molar-refractivity contribution >= 4 is 11.9 Å². The van der Waals surface area contributed by atoms with Gasteiger partial charge in [0.05, 0.1) is 0 Å². The van der Waals surface area contributed by atoms with E-state index in [1.54, 1.807) is 31.2 Å². The highest BCUT2D eigenvalue weighted by atomic mass is 32.2. The first-order valence-corrected chi connectivity index (χ1v) is 9.33. The maximum Gasteiger partial charge on any atom is 0.456 e. The quantitative estimate of drug-likeness (QED) is 0.545. The van der Waals surface area contributed by atoms with Gasteiger partial charge in [0.15, 0.2) is 0 Å². The number of rotatable bonds is 5. The SMILES string of the molecule is Cc1cc(F)cc(-c2cccc(CC3NCCC3NSC(F)(F)F)c2F)c1. The second kappa shape index (κ2) is 8.16. The molecule has 0 saturated carbocycles. The first-order chi connectivity index (χ1) is 12.7. The molecule has 1 aliphatic rings. The topological polar surface area (TPSA) is 24.1 Å². The molecular weight excluding hydrogens is 383 g/mol. The van der Waals surface area contributed by atoms with E-state index in [0.717, 1.165) is 0 Å². The molecule has 2 aromatic carbocycles. The molecule has 146 valence electrons. The molecular formula is C19H19F5N2S. The average Bonchev–Trinajstić information content (AvgIpc) is 3.00. The minimum atomic E-state index is -4.37. The summed E-state index contributed by atoms with van der Waals surface area (Å²) in [5, 5.41) is 3.13. The molecule has 2 N–H and O–H groups in total. The fourth-order valence-corrected chi connectivity index (χ4v) is 3.92. The predicted molar refractivity (Wildman–Crippen MR) is 97.2 cm³/mol. The van der Waals surface area contributed by atoms with Gasteiger partial charge in [0.2, 0.25) is 0 Å². The highest BCUT2D eigenvalue weighted by molar-refractivity contribution is 7.98. The molecule has 0 aliphatic carbocycles. The minimum absolute atomic E-state index is 0.240. The molecule has 0 amide bonds. The average molecular weight is 402 g/mol. The van der Waals surface area contributed by atoms with E-state index in [-0.39, 0.29) is 30.0 Å². The molecule has 2 atom stereocenters. The maximum absolute atomic E-state index is 15.0. The van der Waals surface area contributed by atoms with Gasteiger partial charge < -0.3 is 5.32 Å². The van der Waals surface area contributed by atoms with Crippen LogP contribution in [-0.4, -0.2) is 24.1 Å². The maximum atomic E-state index is 15.0. The van der Waals surface area contributed by atoms with Crippen molar-refractivity contribution in [1.29, 1.82) is 0 Å². The number of benzene rings is 2. The highest BCUT2D eigenvalue weighted by Crippen LogP contribution is 2.31. The lowest BCUT2D eigenvalue weighted by atomic mass is 9.96. The molecule has 1 saturated heterocycles. The Balaban J connectivity index is 1.79. The molecule has 0 bridgehead atoms. The van der Waals surface area contributed by atoms with E-state index in [1.807, 2.05) is 0 Å². The van der Waals surface area contributed by atoms with Crippen LogP contribution in [0.25, 0.3) is 11.1 Å². The molecule has 1 heterocycles.